The summed E-state index contributed by atoms with van der Waals surface area (Å²) in [6.07, 6.45) is 3.74. The highest BCUT2D eigenvalue weighted by Gasteiger charge is 2.23. The van der Waals surface area contributed by atoms with Crippen LogP contribution in [0.3, 0.4) is 0 Å². The second kappa shape index (κ2) is 5.54. The van der Waals surface area contributed by atoms with Gasteiger partial charge in [0, 0.05) is 11.6 Å². The van der Waals surface area contributed by atoms with Crippen LogP contribution in [0.25, 0.3) is 0 Å². The predicted octanol–water partition coefficient (Wildman–Crippen LogP) is 3.60. The molecule has 1 fully saturated rings. The molecule has 0 heterocycles. The minimum atomic E-state index is 0.121. The number of ether oxygens (including phenoxy) is 1. The fraction of sp³-hybridized carbons (Fsp3) is 0.647. The lowest BCUT2D eigenvalue weighted by Gasteiger charge is -2.25. The molecule has 1 aliphatic carbocycles. The standard InChI is InChI=1S/C17H27NO/c1-12-10-13(8-9-18-14-6-7-14)16(19-5)15(11-12)17(2,3)4/h10-11,14,18H,6-9H2,1-5H3. The first-order valence-electron chi connectivity index (χ1n) is 7.33. The number of hydrogen-bond acceptors (Lipinski definition) is 2. The summed E-state index contributed by atoms with van der Waals surface area (Å²) in [6.45, 7) is 9.96. The van der Waals surface area contributed by atoms with Crippen molar-refractivity contribution >= 4 is 0 Å². The molecular formula is C17H27NO. The highest BCUT2D eigenvalue weighted by Crippen LogP contribution is 2.35. The summed E-state index contributed by atoms with van der Waals surface area (Å²) in [5.41, 5.74) is 4.10. The van der Waals surface area contributed by atoms with Crippen LogP contribution in [0, 0.1) is 6.92 Å². The van der Waals surface area contributed by atoms with Crippen LogP contribution in [0.1, 0.15) is 50.3 Å². The molecule has 1 aliphatic rings. The van der Waals surface area contributed by atoms with Gasteiger partial charge >= 0.3 is 0 Å². The second-order valence-electron chi connectivity index (χ2n) is 6.73. The van der Waals surface area contributed by atoms with E-state index in [1.807, 2.05) is 0 Å². The molecule has 2 nitrogen and oxygen atoms in total. The molecule has 19 heavy (non-hydrogen) atoms. The van der Waals surface area contributed by atoms with Crippen molar-refractivity contribution in [1.29, 1.82) is 0 Å². The highest BCUT2D eigenvalue weighted by molar-refractivity contribution is 5.48. The van der Waals surface area contributed by atoms with E-state index in [0.717, 1.165) is 24.8 Å². The molecule has 106 valence electrons. The molecular weight excluding hydrogens is 234 g/mol. The summed E-state index contributed by atoms with van der Waals surface area (Å²) in [7, 11) is 1.79. The van der Waals surface area contributed by atoms with Gasteiger partial charge in [-0.3, -0.25) is 0 Å². The third kappa shape index (κ3) is 3.73. The van der Waals surface area contributed by atoms with E-state index in [1.54, 1.807) is 7.11 Å². The molecule has 0 bridgehead atoms. The van der Waals surface area contributed by atoms with Gasteiger partial charge in [-0.25, -0.2) is 0 Å². The molecule has 0 aliphatic heterocycles. The average Bonchev–Trinajstić information content (AvgIpc) is 3.11. The zero-order chi connectivity index (χ0) is 14.0. The van der Waals surface area contributed by atoms with Gasteiger partial charge in [-0.2, -0.15) is 0 Å². The normalized spacial score (nSPS) is 15.6. The maximum atomic E-state index is 5.70. The maximum absolute atomic E-state index is 5.70. The molecule has 1 saturated carbocycles. The van der Waals surface area contributed by atoms with Crippen LogP contribution < -0.4 is 10.1 Å². The minimum Gasteiger partial charge on any atom is -0.496 e. The molecule has 1 aromatic carbocycles. The fourth-order valence-corrected chi connectivity index (χ4v) is 2.53. The van der Waals surface area contributed by atoms with Crippen LogP contribution >= 0.6 is 0 Å². The lowest BCUT2D eigenvalue weighted by atomic mass is 9.83. The van der Waals surface area contributed by atoms with E-state index in [0.29, 0.717) is 0 Å². The van der Waals surface area contributed by atoms with Crippen molar-refractivity contribution in [3.63, 3.8) is 0 Å². The zero-order valence-corrected chi connectivity index (χ0v) is 13.0. The van der Waals surface area contributed by atoms with E-state index in [1.165, 1.54) is 29.5 Å². The Bertz CT molecular complexity index is 441. The quantitative estimate of drug-likeness (QED) is 0.874. The summed E-state index contributed by atoms with van der Waals surface area (Å²) >= 11 is 0. The number of hydrogen-bond donors (Lipinski definition) is 1. The third-order valence-corrected chi connectivity index (χ3v) is 3.73. The monoisotopic (exact) mass is 261 g/mol. The summed E-state index contributed by atoms with van der Waals surface area (Å²) in [6, 6.07) is 5.30. The average molecular weight is 261 g/mol. The molecule has 0 spiro atoms. The largest absolute Gasteiger partial charge is 0.496 e. The van der Waals surface area contributed by atoms with Crippen LogP contribution in [-0.2, 0) is 11.8 Å². The first-order chi connectivity index (χ1) is 8.91. The van der Waals surface area contributed by atoms with Crippen molar-refractivity contribution in [3.8, 4) is 5.75 Å². The van der Waals surface area contributed by atoms with Crippen LogP contribution in [0.2, 0.25) is 0 Å². The van der Waals surface area contributed by atoms with Gasteiger partial charge < -0.3 is 10.1 Å². The highest BCUT2D eigenvalue weighted by atomic mass is 16.5. The molecule has 0 unspecified atom stereocenters. The molecule has 0 atom stereocenters. The van der Waals surface area contributed by atoms with Crippen molar-refractivity contribution in [2.75, 3.05) is 13.7 Å². The van der Waals surface area contributed by atoms with Crippen LogP contribution in [0.15, 0.2) is 12.1 Å². The Balaban J connectivity index is 2.21. The van der Waals surface area contributed by atoms with Gasteiger partial charge in [0.25, 0.3) is 0 Å². The Morgan fingerprint density at radius 2 is 1.95 bits per heavy atom. The van der Waals surface area contributed by atoms with Gasteiger partial charge in [0.1, 0.15) is 5.75 Å². The minimum absolute atomic E-state index is 0.121. The van der Waals surface area contributed by atoms with Gasteiger partial charge in [-0.1, -0.05) is 38.5 Å². The van der Waals surface area contributed by atoms with Gasteiger partial charge in [0.05, 0.1) is 7.11 Å². The molecule has 1 N–H and O–H groups in total. The van der Waals surface area contributed by atoms with Crippen molar-refractivity contribution in [3.05, 3.63) is 28.8 Å². The number of benzene rings is 1. The Morgan fingerprint density at radius 3 is 2.47 bits per heavy atom. The van der Waals surface area contributed by atoms with E-state index >= 15 is 0 Å². The van der Waals surface area contributed by atoms with Crippen molar-refractivity contribution < 1.29 is 4.74 Å². The van der Waals surface area contributed by atoms with Crippen molar-refractivity contribution in [2.45, 2.75) is 58.4 Å². The van der Waals surface area contributed by atoms with Crippen LogP contribution in [-0.4, -0.2) is 19.7 Å². The second-order valence-corrected chi connectivity index (χ2v) is 6.73. The van der Waals surface area contributed by atoms with Crippen molar-refractivity contribution in [1.82, 2.24) is 5.32 Å². The van der Waals surface area contributed by atoms with Crippen molar-refractivity contribution in [2.24, 2.45) is 0 Å². The molecule has 2 heteroatoms. The lowest BCUT2D eigenvalue weighted by molar-refractivity contribution is 0.392. The molecule has 0 saturated heterocycles. The van der Waals surface area contributed by atoms with Gasteiger partial charge in [-0.15, -0.1) is 0 Å². The molecule has 2 rings (SSSR count). The van der Waals surface area contributed by atoms with Crippen LogP contribution in [0.4, 0.5) is 0 Å². The summed E-state index contributed by atoms with van der Waals surface area (Å²) < 4.78 is 5.70. The first kappa shape index (κ1) is 14.4. The van der Waals surface area contributed by atoms with Gasteiger partial charge in [0.15, 0.2) is 0 Å². The Kier molecular flexibility index (Phi) is 4.19. The molecule has 0 radical (unpaired) electrons. The van der Waals surface area contributed by atoms with Crippen LogP contribution in [0.5, 0.6) is 5.75 Å². The Labute approximate surface area is 117 Å². The maximum Gasteiger partial charge on any atom is 0.125 e. The third-order valence-electron chi connectivity index (χ3n) is 3.73. The zero-order valence-electron chi connectivity index (χ0n) is 13.0. The topological polar surface area (TPSA) is 21.3 Å². The van der Waals surface area contributed by atoms with E-state index in [4.69, 9.17) is 4.74 Å². The van der Waals surface area contributed by atoms with Gasteiger partial charge in [-0.05, 0) is 43.7 Å². The van der Waals surface area contributed by atoms with E-state index < -0.39 is 0 Å². The number of methoxy groups -OCH3 is 1. The number of rotatable bonds is 5. The molecule has 0 amide bonds. The SMILES string of the molecule is COc1c(CCNC2CC2)cc(C)cc1C(C)(C)C. The predicted molar refractivity (Wildman–Crippen MR) is 81.2 cm³/mol. The summed E-state index contributed by atoms with van der Waals surface area (Å²) in [5.74, 6) is 1.08. The van der Waals surface area contributed by atoms with E-state index in [9.17, 15) is 0 Å². The smallest absolute Gasteiger partial charge is 0.125 e. The Hall–Kier alpha value is -1.02. The summed E-state index contributed by atoms with van der Waals surface area (Å²) in [4.78, 5) is 0. The van der Waals surface area contributed by atoms with Gasteiger partial charge in [0.2, 0.25) is 0 Å². The molecule has 1 aromatic rings. The summed E-state index contributed by atoms with van der Waals surface area (Å²) in [5, 5.41) is 3.58. The molecule has 0 aromatic heterocycles. The lowest BCUT2D eigenvalue weighted by Crippen LogP contribution is -2.20. The number of nitrogens with one attached hydrogen (secondary N) is 1. The Morgan fingerprint density at radius 1 is 1.26 bits per heavy atom. The fourth-order valence-electron chi connectivity index (χ4n) is 2.53. The first-order valence-corrected chi connectivity index (χ1v) is 7.33. The number of aryl methyl sites for hydroxylation is 1. The van der Waals surface area contributed by atoms with E-state index in [2.05, 4.69) is 45.1 Å². The van der Waals surface area contributed by atoms with E-state index in [-0.39, 0.29) is 5.41 Å².